The molecule has 3 heteroatoms. The van der Waals surface area contributed by atoms with Gasteiger partial charge in [-0.3, -0.25) is 0 Å². The van der Waals surface area contributed by atoms with Gasteiger partial charge in [0.15, 0.2) is 5.89 Å². The number of phenolic OH excluding ortho intramolecular Hbond substituents is 1. The Morgan fingerprint density at radius 3 is 3.00 bits per heavy atom. The van der Waals surface area contributed by atoms with Crippen LogP contribution in [0.25, 0.3) is 11.3 Å². The topological polar surface area (TPSA) is 46.3 Å². The molecule has 1 aromatic carbocycles. The van der Waals surface area contributed by atoms with Crippen molar-refractivity contribution in [2.24, 2.45) is 0 Å². The minimum atomic E-state index is 0.109. The smallest absolute Gasteiger partial charge is 0.191 e. The van der Waals surface area contributed by atoms with Crippen molar-refractivity contribution in [1.29, 1.82) is 0 Å². The summed E-state index contributed by atoms with van der Waals surface area (Å²) in [4.78, 5) is 4.13. The molecule has 1 aromatic heterocycles. The average molecular weight is 174 g/mol. The number of hydrogen-bond acceptors (Lipinski definition) is 3. The highest BCUT2D eigenvalue weighted by Gasteiger charge is 2.03. The van der Waals surface area contributed by atoms with E-state index in [2.05, 4.69) is 11.1 Å². The molecule has 1 N–H and O–H groups in total. The van der Waals surface area contributed by atoms with Crippen molar-refractivity contribution in [3.05, 3.63) is 36.4 Å². The zero-order chi connectivity index (χ0) is 9.26. The number of hydrogen-bond donors (Lipinski definition) is 1. The van der Waals surface area contributed by atoms with Crippen LogP contribution in [0.4, 0.5) is 0 Å². The van der Waals surface area contributed by atoms with Crippen LogP contribution in [0.15, 0.2) is 28.9 Å². The van der Waals surface area contributed by atoms with Gasteiger partial charge in [-0.05, 0) is 12.1 Å². The Morgan fingerprint density at radius 1 is 1.54 bits per heavy atom. The molecule has 0 bridgehead atoms. The molecule has 0 amide bonds. The minimum Gasteiger partial charge on any atom is -0.507 e. The Labute approximate surface area is 75.7 Å². The second-order valence-electron chi connectivity index (χ2n) is 2.71. The average Bonchev–Trinajstić information content (AvgIpc) is 2.52. The Hall–Kier alpha value is -1.77. The summed E-state index contributed by atoms with van der Waals surface area (Å²) in [7, 11) is 0. The van der Waals surface area contributed by atoms with E-state index in [0.29, 0.717) is 5.89 Å². The fourth-order valence-electron chi connectivity index (χ4n) is 1.11. The number of oxazole rings is 1. The monoisotopic (exact) mass is 174 g/mol. The third-order valence-corrected chi connectivity index (χ3v) is 1.70. The normalized spacial score (nSPS) is 10.2. The number of nitrogens with zero attached hydrogens (tertiary/aromatic N) is 1. The molecule has 2 rings (SSSR count). The highest BCUT2D eigenvalue weighted by Crippen LogP contribution is 2.21. The summed E-state index contributed by atoms with van der Waals surface area (Å²) < 4.78 is 5.06. The molecule has 65 valence electrons. The summed E-state index contributed by atoms with van der Waals surface area (Å²) in [6, 6.07) is 7.70. The first-order valence-electron chi connectivity index (χ1n) is 3.89. The molecule has 0 aliphatic heterocycles. The van der Waals surface area contributed by atoms with Crippen molar-refractivity contribution in [1.82, 2.24) is 4.98 Å². The number of rotatable bonds is 1. The van der Waals surface area contributed by atoms with Crippen molar-refractivity contribution in [3.8, 4) is 17.0 Å². The van der Waals surface area contributed by atoms with Gasteiger partial charge in [0.25, 0.3) is 0 Å². The molecule has 0 unspecified atom stereocenters. The van der Waals surface area contributed by atoms with Crippen LogP contribution >= 0.6 is 0 Å². The Kier molecular flexibility index (Phi) is 1.77. The van der Waals surface area contributed by atoms with Gasteiger partial charge in [0.2, 0.25) is 0 Å². The number of phenols is 1. The van der Waals surface area contributed by atoms with E-state index >= 15 is 0 Å². The summed E-state index contributed by atoms with van der Waals surface area (Å²) in [5, 5.41) is 9.17. The molecule has 0 saturated heterocycles. The fourth-order valence-corrected chi connectivity index (χ4v) is 1.11. The van der Waals surface area contributed by atoms with E-state index in [0.717, 1.165) is 11.3 Å². The van der Waals surface area contributed by atoms with Gasteiger partial charge in [-0.2, -0.15) is 0 Å². The van der Waals surface area contributed by atoms with Crippen LogP contribution in [-0.2, 0) is 0 Å². The standard InChI is InChI=1S/C10H8NO2/c1-7-11-10(6-13-7)8-3-2-4-9(12)5-8/h2-3,5-6,12H,1H3. The zero-order valence-electron chi connectivity index (χ0n) is 7.11. The lowest BCUT2D eigenvalue weighted by molar-refractivity contribution is 0.474. The largest absolute Gasteiger partial charge is 0.507 e. The highest BCUT2D eigenvalue weighted by atomic mass is 16.3. The molecule has 1 heterocycles. The maximum atomic E-state index is 9.17. The molecule has 0 saturated carbocycles. The SMILES string of the molecule is Cc1nc(-c2cc[c]c(O)c2)co1. The molecule has 0 fully saturated rings. The van der Waals surface area contributed by atoms with Gasteiger partial charge in [-0.15, -0.1) is 0 Å². The maximum Gasteiger partial charge on any atom is 0.191 e. The molecule has 13 heavy (non-hydrogen) atoms. The zero-order valence-corrected chi connectivity index (χ0v) is 7.11. The lowest BCUT2D eigenvalue weighted by atomic mass is 10.2. The molecular weight excluding hydrogens is 166 g/mol. The second-order valence-corrected chi connectivity index (χ2v) is 2.71. The van der Waals surface area contributed by atoms with E-state index in [-0.39, 0.29) is 5.75 Å². The summed E-state index contributed by atoms with van der Waals surface area (Å²) in [5.41, 5.74) is 1.55. The van der Waals surface area contributed by atoms with Crippen LogP contribution in [0.3, 0.4) is 0 Å². The number of aromatic nitrogens is 1. The van der Waals surface area contributed by atoms with Crippen molar-refractivity contribution < 1.29 is 9.52 Å². The lowest BCUT2D eigenvalue weighted by Gasteiger charge is -1.94. The number of aromatic hydroxyl groups is 1. The van der Waals surface area contributed by atoms with Gasteiger partial charge in [0.1, 0.15) is 17.7 Å². The number of aryl methyl sites for hydroxylation is 1. The van der Waals surface area contributed by atoms with E-state index in [4.69, 9.17) is 9.52 Å². The Bertz CT molecular complexity index is 420. The van der Waals surface area contributed by atoms with Crippen molar-refractivity contribution in [2.75, 3.05) is 0 Å². The van der Waals surface area contributed by atoms with Crippen LogP contribution in [0.5, 0.6) is 5.75 Å². The van der Waals surface area contributed by atoms with E-state index < -0.39 is 0 Å². The van der Waals surface area contributed by atoms with Crippen LogP contribution in [0, 0.1) is 13.0 Å². The maximum absolute atomic E-state index is 9.17. The molecule has 1 radical (unpaired) electrons. The fraction of sp³-hybridized carbons (Fsp3) is 0.100. The molecule has 0 atom stereocenters. The third kappa shape index (κ3) is 1.54. The minimum absolute atomic E-state index is 0.109. The molecule has 2 aromatic rings. The quantitative estimate of drug-likeness (QED) is 0.720. The van der Waals surface area contributed by atoms with Crippen LogP contribution in [-0.4, -0.2) is 10.1 Å². The van der Waals surface area contributed by atoms with Crippen molar-refractivity contribution in [2.45, 2.75) is 6.92 Å². The van der Waals surface area contributed by atoms with E-state index in [9.17, 15) is 0 Å². The van der Waals surface area contributed by atoms with Gasteiger partial charge < -0.3 is 9.52 Å². The molecule has 0 spiro atoms. The lowest BCUT2D eigenvalue weighted by Crippen LogP contribution is -1.77. The molecular formula is C10H8NO2. The Balaban J connectivity index is 2.46. The molecule has 3 nitrogen and oxygen atoms in total. The van der Waals surface area contributed by atoms with Gasteiger partial charge in [0.05, 0.1) is 0 Å². The van der Waals surface area contributed by atoms with Gasteiger partial charge >= 0.3 is 0 Å². The summed E-state index contributed by atoms with van der Waals surface area (Å²) in [5.74, 6) is 0.723. The van der Waals surface area contributed by atoms with Gasteiger partial charge in [-0.25, -0.2) is 4.98 Å². The van der Waals surface area contributed by atoms with E-state index in [1.165, 1.54) is 0 Å². The first kappa shape index (κ1) is 7.86. The molecule has 0 aliphatic rings. The van der Waals surface area contributed by atoms with E-state index in [1.54, 1.807) is 25.3 Å². The second kappa shape index (κ2) is 2.94. The van der Waals surface area contributed by atoms with Gasteiger partial charge in [0, 0.05) is 18.6 Å². The summed E-state index contributed by atoms with van der Waals surface area (Å²) >= 11 is 0. The summed E-state index contributed by atoms with van der Waals surface area (Å²) in [6.07, 6.45) is 1.56. The summed E-state index contributed by atoms with van der Waals surface area (Å²) in [6.45, 7) is 1.78. The first-order valence-corrected chi connectivity index (χ1v) is 3.89. The van der Waals surface area contributed by atoms with Crippen LogP contribution in [0.2, 0.25) is 0 Å². The molecule has 0 aliphatic carbocycles. The van der Waals surface area contributed by atoms with Crippen LogP contribution in [0.1, 0.15) is 5.89 Å². The Morgan fingerprint density at radius 2 is 2.38 bits per heavy atom. The van der Waals surface area contributed by atoms with Crippen molar-refractivity contribution >= 4 is 0 Å². The predicted octanol–water partition coefficient (Wildman–Crippen LogP) is 2.16. The number of benzene rings is 1. The third-order valence-electron chi connectivity index (χ3n) is 1.70. The van der Waals surface area contributed by atoms with E-state index in [1.807, 2.05) is 6.07 Å². The van der Waals surface area contributed by atoms with Crippen molar-refractivity contribution in [3.63, 3.8) is 0 Å². The predicted molar refractivity (Wildman–Crippen MR) is 47.2 cm³/mol. The highest BCUT2D eigenvalue weighted by molar-refractivity contribution is 5.59. The van der Waals surface area contributed by atoms with Gasteiger partial charge in [-0.1, -0.05) is 6.07 Å². The first-order chi connectivity index (χ1) is 6.25. The van der Waals surface area contributed by atoms with Crippen LogP contribution < -0.4 is 0 Å².